The van der Waals surface area contributed by atoms with Crippen molar-refractivity contribution in [1.29, 1.82) is 5.26 Å². The van der Waals surface area contributed by atoms with Gasteiger partial charge in [-0.3, -0.25) is 0 Å². The van der Waals surface area contributed by atoms with Crippen LogP contribution >= 0.6 is 0 Å². The second-order valence-electron chi connectivity index (χ2n) is 5.68. The van der Waals surface area contributed by atoms with Gasteiger partial charge < -0.3 is 9.64 Å². The first-order valence-corrected chi connectivity index (χ1v) is 7.95. The molecule has 0 spiro atoms. The third-order valence-electron chi connectivity index (χ3n) is 4.14. The Bertz CT molecular complexity index is 926. The molecule has 0 unspecified atom stereocenters. The van der Waals surface area contributed by atoms with Crippen LogP contribution in [-0.2, 0) is 4.74 Å². The van der Waals surface area contributed by atoms with Gasteiger partial charge in [-0.05, 0) is 24.3 Å². The zero-order valence-electron chi connectivity index (χ0n) is 13.1. The topological polar surface area (TPSA) is 62.0 Å². The molecule has 0 radical (unpaired) electrons. The zero-order valence-corrected chi connectivity index (χ0v) is 13.1. The Morgan fingerprint density at radius 1 is 1.00 bits per heavy atom. The first-order chi connectivity index (χ1) is 11.8. The van der Waals surface area contributed by atoms with E-state index in [4.69, 9.17) is 20.0 Å². The molecule has 24 heavy (non-hydrogen) atoms. The van der Waals surface area contributed by atoms with E-state index in [-0.39, 0.29) is 0 Å². The Labute approximate surface area is 140 Å². The smallest absolute Gasteiger partial charge is 0.162 e. The summed E-state index contributed by atoms with van der Waals surface area (Å²) in [5.74, 6) is 1.58. The van der Waals surface area contributed by atoms with Crippen LogP contribution in [0.5, 0.6) is 0 Å². The highest BCUT2D eigenvalue weighted by molar-refractivity contribution is 5.91. The minimum absolute atomic E-state index is 0.609. The molecule has 0 atom stereocenters. The van der Waals surface area contributed by atoms with Gasteiger partial charge in [0.05, 0.1) is 30.4 Å². The fourth-order valence-electron chi connectivity index (χ4n) is 2.93. The maximum Gasteiger partial charge on any atom is 0.162 e. The molecule has 5 heteroatoms. The van der Waals surface area contributed by atoms with Gasteiger partial charge in [0.2, 0.25) is 0 Å². The van der Waals surface area contributed by atoms with E-state index in [9.17, 15) is 0 Å². The summed E-state index contributed by atoms with van der Waals surface area (Å²) >= 11 is 0. The normalized spacial score (nSPS) is 14.5. The SMILES string of the molecule is N#Cc1cccc(-c2nc(N3CCOCC3)c3ccccc3n2)c1. The number of fused-ring (bicyclic) bond motifs is 1. The molecule has 0 amide bonds. The van der Waals surface area contributed by atoms with E-state index >= 15 is 0 Å². The second-order valence-corrected chi connectivity index (χ2v) is 5.68. The number of morpholine rings is 1. The maximum atomic E-state index is 9.13. The molecular formula is C19H16N4O. The first kappa shape index (κ1) is 14.6. The molecule has 0 saturated carbocycles. The fourth-order valence-corrected chi connectivity index (χ4v) is 2.93. The highest BCUT2D eigenvalue weighted by atomic mass is 16.5. The van der Waals surface area contributed by atoms with Crippen molar-refractivity contribution in [3.05, 3.63) is 54.1 Å². The summed E-state index contributed by atoms with van der Waals surface area (Å²) in [6.45, 7) is 3.05. The van der Waals surface area contributed by atoms with Crippen LogP contribution in [0.3, 0.4) is 0 Å². The standard InChI is InChI=1S/C19H16N4O/c20-13-14-4-3-5-15(12-14)18-21-17-7-2-1-6-16(17)19(22-18)23-8-10-24-11-9-23/h1-7,12H,8-11H2. The largest absolute Gasteiger partial charge is 0.378 e. The highest BCUT2D eigenvalue weighted by Gasteiger charge is 2.17. The van der Waals surface area contributed by atoms with Crippen molar-refractivity contribution in [3.8, 4) is 17.5 Å². The molecule has 0 bridgehead atoms. The summed E-state index contributed by atoms with van der Waals surface area (Å²) in [4.78, 5) is 11.8. The van der Waals surface area contributed by atoms with Crippen LogP contribution in [0.2, 0.25) is 0 Å². The van der Waals surface area contributed by atoms with Crippen LogP contribution in [0.4, 0.5) is 5.82 Å². The predicted molar refractivity (Wildman–Crippen MR) is 92.7 cm³/mol. The molecule has 5 nitrogen and oxygen atoms in total. The number of nitrogens with zero attached hydrogens (tertiary/aromatic N) is 4. The van der Waals surface area contributed by atoms with Gasteiger partial charge >= 0.3 is 0 Å². The van der Waals surface area contributed by atoms with Crippen LogP contribution < -0.4 is 4.90 Å². The van der Waals surface area contributed by atoms with E-state index in [2.05, 4.69) is 17.0 Å². The van der Waals surface area contributed by atoms with Gasteiger partial charge in [-0.2, -0.15) is 5.26 Å². The number of ether oxygens (including phenoxy) is 1. The van der Waals surface area contributed by atoms with Crippen molar-refractivity contribution in [2.75, 3.05) is 31.2 Å². The van der Waals surface area contributed by atoms with Crippen LogP contribution in [-0.4, -0.2) is 36.3 Å². The van der Waals surface area contributed by atoms with Gasteiger partial charge in [-0.25, -0.2) is 9.97 Å². The van der Waals surface area contributed by atoms with E-state index in [1.54, 1.807) is 6.07 Å². The van der Waals surface area contributed by atoms with Crippen molar-refractivity contribution in [2.45, 2.75) is 0 Å². The minimum Gasteiger partial charge on any atom is -0.378 e. The Hall–Kier alpha value is -2.97. The Morgan fingerprint density at radius 2 is 1.83 bits per heavy atom. The average Bonchev–Trinajstić information content (AvgIpc) is 2.68. The van der Waals surface area contributed by atoms with E-state index in [0.717, 1.165) is 35.4 Å². The van der Waals surface area contributed by atoms with Crippen molar-refractivity contribution in [1.82, 2.24) is 9.97 Å². The fraction of sp³-hybridized carbons (Fsp3) is 0.211. The summed E-state index contributed by atoms with van der Waals surface area (Å²) in [6.07, 6.45) is 0. The maximum absolute atomic E-state index is 9.13. The summed E-state index contributed by atoms with van der Waals surface area (Å²) in [6, 6.07) is 17.6. The molecule has 0 aliphatic carbocycles. The lowest BCUT2D eigenvalue weighted by Gasteiger charge is -2.29. The van der Waals surface area contributed by atoms with Crippen molar-refractivity contribution in [2.24, 2.45) is 0 Å². The number of hydrogen-bond acceptors (Lipinski definition) is 5. The molecule has 1 aliphatic heterocycles. The van der Waals surface area contributed by atoms with Gasteiger partial charge in [0.1, 0.15) is 5.82 Å². The van der Waals surface area contributed by atoms with E-state index in [1.165, 1.54) is 0 Å². The molecule has 1 aromatic heterocycles. The molecule has 0 N–H and O–H groups in total. The van der Waals surface area contributed by atoms with Crippen LogP contribution in [0, 0.1) is 11.3 Å². The van der Waals surface area contributed by atoms with Gasteiger partial charge in [0, 0.05) is 24.0 Å². The molecule has 118 valence electrons. The van der Waals surface area contributed by atoms with E-state index in [0.29, 0.717) is 24.6 Å². The van der Waals surface area contributed by atoms with Gasteiger partial charge in [0.25, 0.3) is 0 Å². The lowest BCUT2D eigenvalue weighted by atomic mass is 10.1. The molecule has 2 aromatic carbocycles. The number of benzene rings is 2. The molecule has 1 aliphatic rings. The zero-order chi connectivity index (χ0) is 16.4. The van der Waals surface area contributed by atoms with Gasteiger partial charge in [-0.1, -0.05) is 24.3 Å². The van der Waals surface area contributed by atoms with Crippen LogP contribution in [0.15, 0.2) is 48.5 Å². The van der Waals surface area contributed by atoms with Gasteiger partial charge in [0.15, 0.2) is 5.82 Å². The lowest BCUT2D eigenvalue weighted by Crippen LogP contribution is -2.37. The number of nitriles is 1. The quantitative estimate of drug-likeness (QED) is 0.727. The molecule has 1 fully saturated rings. The molecule has 2 heterocycles. The Balaban J connectivity index is 1.89. The number of hydrogen-bond donors (Lipinski definition) is 0. The van der Waals surface area contributed by atoms with E-state index in [1.807, 2.05) is 36.4 Å². The molecular weight excluding hydrogens is 300 g/mol. The summed E-state index contributed by atoms with van der Waals surface area (Å²) < 4.78 is 5.46. The number of anilines is 1. The third kappa shape index (κ3) is 2.68. The number of para-hydroxylation sites is 1. The third-order valence-corrected chi connectivity index (χ3v) is 4.14. The van der Waals surface area contributed by atoms with E-state index < -0.39 is 0 Å². The molecule has 4 rings (SSSR count). The summed E-state index contributed by atoms with van der Waals surface area (Å²) in [5.41, 5.74) is 2.37. The highest BCUT2D eigenvalue weighted by Crippen LogP contribution is 2.28. The van der Waals surface area contributed by atoms with Crippen molar-refractivity contribution < 1.29 is 4.74 Å². The van der Waals surface area contributed by atoms with Crippen molar-refractivity contribution >= 4 is 16.7 Å². The Morgan fingerprint density at radius 3 is 2.67 bits per heavy atom. The van der Waals surface area contributed by atoms with Crippen LogP contribution in [0.1, 0.15) is 5.56 Å². The minimum atomic E-state index is 0.609. The number of rotatable bonds is 2. The second kappa shape index (κ2) is 6.26. The molecule has 3 aromatic rings. The number of aromatic nitrogens is 2. The van der Waals surface area contributed by atoms with Crippen molar-refractivity contribution in [3.63, 3.8) is 0 Å². The Kier molecular flexibility index (Phi) is 3.81. The predicted octanol–water partition coefficient (Wildman–Crippen LogP) is 3.01. The van der Waals surface area contributed by atoms with Crippen LogP contribution in [0.25, 0.3) is 22.3 Å². The average molecular weight is 316 g/mol. The van der Waals surface area contributed by atoms with Gasteiger partial charge in [-0.15, -0.1) is 0 Å². The first-order valence-electron chi connectivity index (χ1n) is 7.95. The monoisotopic (exact) mass is 316 g/mol. The summed E-state index contributed by atoms with van der Waals surface area (Å²) in [5, 5.41) is 10.2. The summed E-state index contributed by atoms with van der Waals surface area (Å²) in [7, 11) is 0. The lowest BCUT2D eigenvalue weighted by molar-refractivity contribution is 0.122. The molecule has 1 saturated heterocycles.